The minimum absolute atomic E-state index is 0. The summed E-state index contributed by atoms with van der Waals surface area (Å²) in [6.45, 7) is 4.86. The van der Waals surface area contributed by atoms with Crippen LogP contribution in [0.3, 0.4) is 0 Å². The standard InChI is InChI=1S/C14H26.CH4.2H2/c1-11-3-7-13(8-4-11)14-9-5-12(2)6-10-14;;;/h11-14H,3-10H2,1-2H3;1H4;2*1H. The molecule has 0 aromatic rings. The lowest BCUT2D eigenvalue weighted by molar-refractivity contribution is 0.155. The monoisotopic (exact) mass is 214 g/mol. The van der Waals surface area contributed by atoms with Crippen LogP contribution in [0.15, 0.2) is 0 Å². The minimum atomic E-state index is 0. The highest BCUT2D eigenvalue weighted by Gasteiger charge is 2.28. The minimum Gasteiger partial charge on any atom is -0.0776 e. The van der Waals surface area contributed by atoms with Gasteiger partial charge in [-0.05, 0) is 49.4 Å². The van der Waals surface area contributed by atoms with Crippen LogP contribution in [0.5, 0.6) is 0 Å². The summed E-state index contributed by atoms with van der Waals surface area (Å²) in [4.78, 5) is 0. The lowest BCUT2D eigenvalue weighted by Crippen LogP contribution is -2.24. The molecule has 0 aromatic carbocycles. The van der Waals surface area contributed by atoms with Crippen molar-refractivity contribution >= 4 is 0 Å². The molecule has 0 atom stereocenters. The van der Waals surface area contributed by atoms with Crippen LogP contribution < -0.4 is 0 Å². The number of hydrogen-bond donors (Lipinski definition) is 0. The molecule has 0 heterocycles. The van der Waals surface area contributed by atoms with Crippen molar-refractivity contribution in [3.63, 3.8) is 0 Å². The molecule has 94 valence electrons. The first-order valence-corrected chi connectivity index (χ1v) is 6.75. The van der Waals surface area contributed by atoms with Crippen molar-refractivity contribution in [1.29, 1.82) is 0 Å². The summed E-state index contributed by atoms with van der Waals surface area (Å²) in [5.41, 5.74) is 0. The third kappa shape index (κ3) is 3.50. The Morgan fingerprint density at radius 3 is 1.13 bits per heavy atom. The van der Waals surface area contributed by atoms with Gasteiger partial charge in [-0.25, -0.2) is 0 Å². The molecular formula is C15H34. The van der Waals surface area contributed by atoms with E-state index in [-0.39, 0.29) is 10.3 Å². The fourth-order valence-electron chi connectivity index (χ4n) is 3.51. The van der Waals surface area contributed by atoms with Crippen LogP contribution in [0.4, 0.5) is 0 Å². The predicted octanol–water partition coefficient (Wildman–Crippen LogP) is 5.77. The Bertz CT molecular complexity index is 146. The van der Waals surface area contributed by atoms with Gasteiger partial charge in [-0.2, -0.15) is 0 Å². The fourth-order valence-corrected chi connectivity index (χ4v) is 3.51. The average molecular weight is 214 g/mol. The second-order valence-electron chi connectivity index (χ2n) is 6.04. The second-order valence-corrected chi connectivity index (χ2v) is 6.04. The van der Waals surface area contributed by atoms with Gasteiger partial charge in [0.2, 0.25) is 0 Å². The largest absolute Gasteiger partial charge is 0.0776 e. The third-order valence-corrected chi connectivity index (χ3v) is 4.79. The quantitative estimate of drug-likeness (QED) is 0.520. The summed E-state index contributed by atoms with van der Waals surface area (Å²) in [5, 5.41) is 0. The molecule has 0 bridgehead atoms. The Hall–Kier alpha value is 0. The maximum absolute atomic E-state index is 2.43. The van der Waals surface area contributed by atoms with Gasteiger partial charge >= 0.3 is 0 Å². The molecule has 0 spiro atoms. The van der Waals surface area contributed by atoms with E-state index in [0.29, 0.717) is 0 Å². The van der Waals surface area contributed by atoms with E-state index < -0.39 is 0 Å². The molecule has 0 aromatic heterocycles. The van der Waals surface area contributed by atoms with Crippen LogP contribution in [0.2, 0.25) is 0 Å². The van der Waals surface area contributed by atoms with E-state index in [1.54, 1.807) is 25.7 Å². The summed E-state index contributed by atoms with van der Waals surface area (Å²) in [6, 6.07) is 0. The van der Waals surface area contributed by atoms with Crippen molar-refractivity contribution in [3.05, 3.63) is 0 Å². The van der Waals surface area contributed by atoms with Gasteiger partial charge in [-0.3, -0.25) is 0 Å². The van der Waals surface area contributed by atoms with E-state index in [1.807, 2.05) is 0 Å². The smallest absolute Gasteiger partial charge is 0 e. The van der Waals surface area contributed by atoms with Crippen molar-refractivity contribution in [2.75, 3.05) is 0 Å². The zero-order chi connectivity index (χ0) is 9.97. The normalized spacial score (nSPS) is 42.0. The van der Waals surface area contributed by atoms with Crippen molar-refractivity contribution in [1.82, 2.24) is 0 Å². The van der Waals surface area contributed by atoms with E-state index in [1.165, 1.54) is 25.7 Å². The summed E-state index contributed by atoms with van der Waals surface area (Å²) in [7, 11) is 0. The SMILES string of the molecule is C.CC1CCC(C2CCC(C)CC2)CC1.[HH].[HH]. The molecule has 2 fully saturated rings. The first-order chi connectivity index (χ1) is 6.75. The van der Waals surface area contributed by atoms with Gasteiger partial charge in [0.05, 0.1) is 0 Å². The fraction of sp³-hybridized carbons (Fsp3) is 1.00. The maximum Gasteiger partial charge on any atom is 0 e. The van der Waals surface area contributed by atoms with Crippen LogP contribution in [-0.2, 0) is 0 Å². The van der Waals surface area contributed by atoms with Gasteiger partial charge in [-0.15, -0.1) is 0 Å². The first-order valence-electron chi connectivity index (χ1n) is 6.75. The zero-order valence-electron chi connectivity index (χ0n) is 9.97. The van der Waals surface area contributed by atoms with Crippen LogP contribution in [0.1, 0.15) is 75.5 Å². The molecule has 2 aliphatic rings. The molecule has 0 radical (unpaired) electrons. The van der Waals surface area contributed by atoms with Crippen molar-refractivity contribution in [2.45, 2.75) is 72.6 Å². The lowest BCUT2D eigenvalue weighted by Gasteiger charge is -2.36. The van der Waals surface area contributed by atoms with Gasteiger partial charge < -0.3 is 0 Å². The van der Waals surface area contributed by atoms with Gasteiger partial charge in [0, 0.05) is 2.85 Å². The molecule has 0 amide bonds. The van der Waals surface area contributed by atoms with E-state index >= 15 is 0 Å². The Morgan fingerprint density at radius 2 is 0.867 bits per heavy atom. The van der Waals surface area contributed by atoms with Crippen LogP contribution in [-0.4, -0.2) is 0 Å². The zero-order valence-corrected chi connectivity index (χ0v) is 9.97. The van der Waals surface area contributed by atoms with Crippen molar-refractivity contribution in [3.8, 4) is 0 Å². The molecule has 0 N–H and O–H groups in total. The van der Waals surface area contributed by atoms with Gasteiger partial charge in [0.1, 0.15) is 0 Å². The van der Waals surface area contributed by atoms with Crippen LogP contribution in [0.25, 0.3) is 0 Å². The summed E-state index contributed by atoms with van der Waals surface area (Å²) < 4.78 is 0. The van der Waals surface area contributed by atoms with E-state index in [0.717, 1.165) is 23.7 Å². The van der Waals surface area contributed by atoms with E-state index in [9.17, 15) is 0 Å². The summed E-state index contributed by atoms with van der Waals surface area (Å²) in [6.07, 6.45) is 12.2. The Balaban J connectivity index is 0. The molecule has 2 aliphatic carbocycles. The van der Waals surface area contributed by atoms with E-state index in [2.05, 4.69) is 13.8 Å². The maximum atomic E-state index is 2.43. The summed E-state index contributed by atoms with van der Waals surface area (Å²) in [5.74, 6) is 4.26. The highest BCUT2D eigenvalue weighted by molar-refractivity contribution is 4.80. The topological polar surface area (TPSA) is 0 Å². The first kappa shape index (κ1) is 13.1. The highest BCUT2D eigenvalue weighted by atomic mass is 14.3. The molecule has 0 nitrogen and oxygen atoms in total. The van der Waals surface area contributed by atoms with Crippen molar-refractivity contribution in [2.24, 2.45) is 23.7 Å². The molecule has 2 rings (SSSR count). The molecular weight excluding hydrogens is 180 g/mol. The second kappa shape index (κ2) is 5.92. The Kier molecular flexibility index (Phi) is 5.15. The van der Waals surface area contributed by atoms with Crippen molar-refractivity contribution < 1.29 is 2.85 Å². The van der Waals surface area contributed by atoms with Crippen LogP contribution >= 0.6 is 0 Å². The third-order valence-electron chi connectivity index (χ3n) is 4.79. The van der Waals surface area contributed by atoms with Crippen LogP contribution in [0, 0.1) is 23.7 Å². The van der Waals surface area contributed by atoms with Gasteiger partial charge in [-0.1, -0.05) is 47.0 Å². The molecule has 0 unspecified atom stereocenters. The molecule has 0 saturated heterocycles. The van der Waals surface area contributed by atoms with E-state index in [4.69, 9.17) is 0 Å². The summed E-state index contributed by atoms with van der Waals surface area (Å²) >= 11 is 0. The molecule has 0 aliphatic heterocycles. The number of rotatable bonds is 1. The number of hydrogen-bond acceptors (Lipinski definition) is 0. The lowest BCUT2D eigenvalue weighted by atomic mass is 9.70. The van der Waals surface area contributed by atoms with Gasteiger partial charge in [0.15, 0.2) is 0 Å². The Labute approximate surface area is 99.8 Å². The highest BCUT2D eigenvalue weighted by Crippen LogP contribution is 2.40. The molecule has 0 heteroatoms. The molecule has 15 heavy (non-hydrogen) atoms. The predicted molar refractivity (Wildman–Crippen MR) is 73.2 cm³/mol. The Morgan fingerprint density at radius 1 is 0.600 bits per heavy atom. The average Bonchev–Trinajstić information content (AvgIpc) is 2.21. The van der Waals surface area contributed by atoms with Gasteiger partial charge in [0.25, 0.3) is 0 Å². The molecule has 2 saturated carbocycles.